The number of hydrogen-bond donors (Lipinski definition) is 0. The zero-order valence-electron chi connectivity index (χ0n) is 11.9. The topological polar surface area (TPSA) is 32.7 Å². The third-order valence-corrected chi connectivity index (χ3v) is 4.50. The molecule has 1 aliphatic carbocycles. The van der Waals surface area contributed by atoms with E-state index in [1.807, 2.05) is 25.2 Å². The minimum atomic E-state index is -0.483. The molecular formula is C17H20N2O. The number of likely N-dealkylation sites (N-methyl/N-ethyl adjacent to an activating group) is 1. The Morgan fingerprint density at radius 1 is 1.35 bits per heavy atom. The highest BCUT2D eigenvalue weighted by atomic mass is 16.2. The van der Waals surface area contributed by atoms with Crippen molar-refractivity contribution in [2.45, 2.75) is 25.8 Å². The zero-order chi connectivity index (χ0) is 14.2. The van der Waals surface area contributed by atoms with Crippen molar-refractivity contribution in [2.24, 2.45) is 10.4 Å². The summed E-state index contributed by atoms with van der Waals surface area (Å²) >= 11 is 0. The smallest absolute Gasteiger partial charge is 0.238 e. The molecule has 0 radical (unpaired) electrons. The van der Waals surface area contributed by atoms with Gasteiger partial charge >= 0.3 is 0 Å². The largest absolute Gasteiger partial charge is 0.341 e. The molecule has 20 heavy (non-hydrogen) atoms. The molecule has 2 fully saturated rings. The summed E-state index contributed by atoms with van der Waals surface area (Å²) in [5.74, 6) is 0.187. The van der Waals surface area contributed by atoms with Crippen LogP contribution < -0.4 is 0 Å². The highest BCUT2D eigenvalue weighted by Crippen LogP contribution is 2.47. The second-order valence-electron chi connectivity index (χ2n) is 5.77. The number of aliphatic imine (C=N–C) groups is 1. The van der Waals surface area contributed by atoms with Crippen molar-refractivity contribution in [1.82, 2.24) is 4.90 Å². The molecule has 104 valence electrons. The number of hydrogen-bond acceptors (Lipinski definition) is 2. The van der Waals surface area contributed by atoms with Crippen LogP contribution in [0.4, 0.5) is 0 Å². The maximum Gasteiger partial charge on any atom is 0.238 e. The van der Waals surface area contributed by atoms with Crippen LogP contribution in [0.15, 0.2) is 47.5 Å². The summed E-state index contributed by atoms with van der Waals surface area (Å²) in [5, 5.41) is 0. The minimum absolute atomic E-state index is 0.187. The van der Waals surface area contributed by atoms with Gasteiger partial charge in [0.05, 0.1) is 6.54 Å². The number of carbonyl (C=O) groups excluding carboxylic acids is 1. The molecule has 2 aliphatic rings. The van der Waals surface area contributed by atoms with E-state index in [1.165, 1.54) is 5.56 Å². The van der Waals surface area contributed by atoms with Crippen molar-refractivity contribution < 1.29 is 4.79 Å². The second-order valence-corrected chi connectivity index (χ2v) is 5.77. The number of benzene rings is 1. The van der Waals surface area contributed by atoms with E-state index in [0.29, 0.717) is 13.1 Å². The van der Waals surface area contributed by atoms with Gasteiger partial charge in [-0.1, -0.05) is 36.9 Å². The van der Waals surface area contributed by atoms with Crippen molar-refractivity contribution >= 4 is 11.6 Å². The summed E-state index contributed by atoms with van der Waals surface area (Å²) in [6.07, 6.45) is 2.83. The van der Waals surface area contributed by atoms with Crippen molar-refractivity contribution in [3.05, 3.63) is 48.0 Å². The fourth-order valence-electron chi connectivity index (χ4n) is 3.44. The van der Waals surface area contributed by atoms with Gasteiger partial charge in [0.25, 0.3) is 0 Å². The molecule has 1 spiro atoms. The lowest BCUT2D eigenvalue weighted by molar-refractivity contribution is -0.131. The van der Waals surface area contributed by atoms with Crippen LogP contribution in [0.5, 0.6) is 0 Å². The van der Waals surface area contributed by atoms with Crippen LogP contribution in [-0.2, 0) is 11.3 Å². The first-order valence-electron chi connectivity index (χ1n) is 7.16. The molecule has 1 aliphatic heterocycles. The fourth-order valence-corrected chi connectivity index (χ4v) is 3.44. The fraction of sp³-hybridized carbons (Fsp3) is 0.412. The number of nitrogens with zero attached hydrogens (tertiary/aromatic N) is 2. The van der Waals surface area contributed by atoms with Crippen LogP contribution in [-0.4, -0.2) is 30.1 Å². The molecule has 1 amide bonds. The van der Waals surface area contributed by atoms with E-state index < -0.39 is 5.41 Å². The average Bonchev–Trinajstić information content (AvgIpc) is 2.97. The van der Waals surface area contributed by atoms with E-state index in [9.17, 15) is 4.79 Å². The average molecular weight is 268 g/mol. The Bertz CT molecular complexity index is 576. The van der Waals surface area contributed by atoms with Gasteiger partial charge < -0.3 is 4.90 Å². The van der Waals surface area contributed by atoms with Crippen molar-refractivity contribution in [2.75, 3.05) is 13.6 Å². The van der Waals surface area contributed by atoms with Gasteiger partial charge in [-0.15, -0.1) is 0 Å². The molecule has 1 atom stereocenters. The predicted molar refractivity (Wildman–Crippen MR) is 80.6 cm³/mol. The quantitative estimate of drug-likeness (QED) is 0.759. The van der Waals surface area contributed by atoms with Crippen LogP contribution in [0.25, 0.3) is 0 Å². The monoisotopic (exact) mass is 268 g/mol. The molecule has 1 heterocycles. The lowest BCUT2D eigenvalue weighted by Gasteiger charge is -2.23. The molecule has 3 heteroatoms. The maximum absolute atomic E-state index is 12.5. The first kappa shape index (κ1) is 13.1. The van der Waals surface area contributed by atoms with Crippen molar-refractivity contribution in [3.63, 3.8) is 0 Å². The molecule has 1 saturated heterocycles. The number of likely N-dealkylation sites (tertiary alicyclic amines) is 1. The molecule has 1 aromatic carbocycles. The van der Waals surface area contributed by atoms with E-state index in [-0.39, 0.29) is 5.91 Å². The van der Waals surface area contributed by atoms with Crippen LogP contribution in [0.3, 0.4) is 0 Å². The summed E-state index contributed by atoms with van der Waals surface area (Å²) in [4.78, 5) is 19.1. The Balaban J connectivity index is 1.89. The summed E-state index contributed by atoms with van der Waals surface area (Å²) in [5.41, 5.74) is 2.77. The van der Waals surface area contributed by atoms with Gasteiger partial charge in [0.2, 0.25) is 5.91 Å². The van der Waals surface area contributed by atoms with Crippen molar-refractivity contribution in [1.29, 1.82) is 0 Å². The molecule has 1 saturated carbocycles. The van der Waals surface area contributed by atoms with Gasteiger partial charge in [-0.2, -0.15) is 0 Å². The van der Waals surface area contributed by atoms with Gasteiger partial charge in [0.15, 0.2) is 0 Å². The molecule has 0 unspecified atom stereocenters. The van der Waals surface area contributed by atoms with E-state index in [2.05, 4.69) is 18.7 Å². The minimum Gasteiger partial charge on any atom is -0.341 e. The van der Waals surface area contributed by atoms with Crippen LogP contribution in [0.1, 0.15) is 24.8 Å². The molecule has 3 nitrogen and oxygen atoms in total. The Labute approximate surface area is 120 Å². The molecular weight excluding hydrogens is 248 g/mol. The van der Waals surface area contributed by atoms with Gasteiger partial charge in [0, 0.05) is 19.3 Å². The number of amides is 1. The maximum atomic E-state index is 12.5. The first-order chi connectivity index (χ1) is 9.64. The lowest BCUT2D eigenvalue weighted by Crippen LogP contribution is -2.36. The Kier molecular flexibility index (Phi) is 3.20. The molecule has 3 rings (SSSR count). The van der Waals surface area contributed by atoms with E-state index in [1.54, 1.807) is 4.90 Å². The number of rotatable bonds is 2. The molecule has 0 bridgehead atoms. The van der Waals surface area contributed by atoms with Gasteiger partial charge in [-0.25, -0.2) is 0 Å². The summed E-state index contributed by atoms with van der Waals surface area (Å²) in [6.45, 7) is 5.48. The Morgan fingerprint density at radius 2 is 2.10 bits per heavy atom. The van der Waals surface area contributed by atoms with Crippen LogP contribution >= 0.6 is 0 Å². The molecule has 0 N–H and O–H groups in total. The summed E-state index contributed by atoms with van der Waals surface area (Å²) < 4.78 is 0. The highest BCUT2D eigenvalue weighted by molar-refractivity contribution is 6.14. The summed E-state index contributed by atoms with van der Waals surface area (Å²) in [7, 11) is 1.86. The normalized spacial score (nSPS) is 28.1. The Morgan fingerprint density at radius 3 is 2.75 bits per heavy atom. The standard InChI is InChI=1S/C17H20N2O/c1-13-12-19(2)16(20)17(13)10-6-9-15(17)18-11-14-7-4-3-5-8-14/h3-5,7-8H,1,6,9-12H2,2H3/t17-/m1/s1. The van der Waals surface area contributed by atoms with E-state index >= 15 is 0 Å². The van der Waals surface area contributed by atoms with Crippen LogP contribution in [0, 0.1) is 5.41 Å². The zero-order valence-corrected chi connectivity index (χ0v) is 11.9. The van der Waals surface area contributed by atoms with E-state index in [0.717, 1.165) is 30.5 Å². The second kappa shape index (κ2) is 4.89. The van der Waals surface area contributed by atoms with Crippen LogP contribution in [0.2, 0.25) is 0 Å². The van der Waals surface area contributed by atoms with Crippen molar-refractivity contribution in [3.8, 4) is 0 Å². The van der Waals surface area contributed by atoms with Gasteiger partial charge in [-0.3, -0.25) is 9.79 Å². The predicted octanol–water partition coefficient (Wildman–Crippen LogP) is 2.83. The van der Waals surface area contributed by atoms with E-state index in [4.69, 9.17) is 4.99 Å². The Hall–Kier alpha value is -1.90. The van der Waals surface area contributed by atoms with Gasteiger partial charge in [-0.05, 0) is 30.4 Å². The third-order valence-electron chi connectivity index (χ3n) is 4.50. The summed E-state index contributed by atoms with van der Waals surface area (Å²) in [6, 6.07) is 10.2. The lowest BCUT2D eigenvalue weighted by atomic mass is 9.79. The highest BCUT2D eigenvalue weighted by Gasteiger charge is 2.53. The molecule has 1 aromatic rings. The third kappa shape index (κ3) is 1.89. The van der Waals surface area contributed by atoms with Gasteiger partial charge in [0.1, 0.15) is 5.41 Å². The first-order valence-corrected chi connectivity index (χ1v) is 7.16. The molecule has 0 aromatic heterocycles. The number of carbonyl (C=O) groups is 1. The SMILES string of the molecule is C=C1CN(C)C(=O)[C@]12CCCC2=NCc1ccccc1.